The number of hydrogen-bond donors (Lipinski definition) is 3. The van der Waals surface area contributed by atoms with Crippen molar-refractivity contribution in [2.75, 3.05) is 6.61 Å². The van der Waals surface area contributed by atoms with Crippen LogP contribution in [0.2, 0.25) is 0 Å². The van der Waals surface area contributed by atoms with Gasteiger partial charge in [0.25, 0.3) is 29.4 Å². The van der Waals surface area contributed by atoms with Gasteiger partial charge in [-0.2, -0.15) is 4.99 Å². The fraction of sp³-hybridized carbons (Fsp3) is 0.600. The van der Waals surface area contributed by atoms with Gasteiger partial charge in [0, 0.05) is 0 Å². The molecule has 0 aromatic rings. The maximum absolute atomic E-state index is 11.7. The molecule has 1 fully saturated rings. The van der Waals surface area contributed by atoms with Gasteiger partial charge < -0.3 is 39.0 Å². The number of hydrogen-bond acceptors (Lipinski definition) is 16. The number of ether oxygens (including phenoxy) is 1. The molecule has 8 unspecified atom stereocenters. The van der Waals surface area contributed by atoms with E-state index in [9.17, 15) is 43.4 Å². The van der Waals surface area contributed by atoms with Crippen LogP contribution in [0.15, 0.2) is 15.0 Å². The second kappa shape index (κ2) is 13.7. The quantitative estimate of drug-likeness (QED) is 0.179. The molecule has 8 atom stereocenters. The van der Waals surface area contributed by atoms with Crippen LogP contribution in [0.1, 0.15) is 0 Å². The molecule has 34 heavy (non-hydrogen) atoms. The Kier molecular flexibility index (Phi) is 14.4. The maximum Gasteiger partial charge on any atom is 1.00 e. The molecule has 3 rings (SSSR count). The number of nitrogens with zero attached hydrogens (tertiary/aromatic N) is 4. The molecule has 174 valence electrons. The van der Waals surface area contributed by atoms with Gasteiger partial charge in [-0.25, -0.2) is 13.6 Å². The number of aliphatic hydroxyl groups is 2. The number of carbonyl (C=O) groups is 1. The molecule has 0 spiro atoms. The molecule has 24 heteroatoms. The second-order valence-corrected chi connectivity index (χ2v) is 10.3. The molecule has 0 bridgehead atoms. The van der Waals surface area contributed by atoms with Crippen molar-refractivity contribution in [3.63, 3.8) is 0 Å². The van der Waals surface area contributed by atoms with Crippen LogP contribution < -0.4 is 103 Å². The number of aliphatic hydroxyl groups excluding tert-OH is 2. The Labute approximate surface area is 257 Å². The molecule has 0 aliphatic carbocycles. The van der Waals surface area contributed by atoms with Crippen LogP contribution in [0.3, 0.4) is 0 Å². The third-order valence-electron chi connectivity index (χ3n) is 3.87. The van der Waals surface area contributed by atoms with E-state index in [4.69, 9.17) is 9.63 Å². The second-order valence-electron chi connectivity index (χ2n) is 6.01. The zero-order valence-corrected chi connectivity index (χ0v) is 26.4. The molecule has 3 N–H and O–H groups in total. The number of rotatable bonds is 8. The van der Waals surface area contributed by atoms with Crippen LogP contribution >= 0.6 is 23.5 Å². The standard InChI is InChI=1S/C10H15N4O14P3.3Na/c15-6-4(1-25-30(21,22)28-31(23,24)27-29(18,19)20)26-10(7(6)16)14-3-13-5-8(14)11-2-12-9(5)17;;;/h2-7,10,15-16H,1H2,(H,21,22)(H,23,24)(H2,18,19,20);;;/q;3*+1/p-3. The first-order valence-electron chi connectivity index (χ1n) is 7.89. The number of phosphoric acid groups is 3. The van der Waals surface area contributed by atoms with E-state index in [0.29, 0.717) is 0 Å². The van der Waals surface area contributed by atoms with Crippen molar-refractivity contribution in [3.05, 3.63) is 0 Å². The van der Waals surface area contributed by atoms with Gasteiger partial charge in [-0.05, 0) is 0 Å². The van der Waals surface area contributed by atoms with Gasteiger partial charge in [0.2, 0.25) is 0 Å². The summed E-state index contributed by atoms with van der Waals surface area (Å²) >= 11 is 0. The molecular weight excluding hydrogens is 562 g/mol. The number of phosphoric ester groups is 1. The smallest absolute Gasteiger partial charge is 0.756 e. The summed E-state index contributed by atoms with van der Waals surface area (Å²) in [6, 6.07) is -1.08. The van der Waals surface area contributed by atoms with Crippen LogP contribution in [0, 0.1) is 0 Å². The Balaban J connectivity index is 0.00000363. The predicted octanol–water partition coefficient (Wildman–Crippen LogP) is -13.4. The molecule has 3 heterocycles. The van der Waals surface area contributed by atoms with Crippen molar-refractivity contribution in [2.45, 2.75) is 30.6 Å². The van der Waals surface area contributed by atoms with E-state index in [1.54, 1.807) is 0 Å². The molecule has 3 aliphatic rings. The van der Waals surface area contributed by atoms with Crippen LogP contribution in [0.4, 0.5) is 0 Å². The Hall–Kier alpha value is 1.77. The van der Waals surface area contributed by atoms with Gasteiger partial charge in [0.15, 0.2) is 12.3 Å². The zero-order chi connectivity index (χ0) is 23.2. The summed E-state index contributed by atoms with van der Waals surface area (Å²) in [4.78, 5) is 65.4. The number of carbonyl (C=O) groups excluding carboxylic acids is 1. The van der Waals surface area contributed by atoms with Gasteiger partial charge >= 0.3 is 88.7 Å². The predicted molar refractivity (Wildman–Crippen MR) is 88.9 cm³/mol. The molecule has 3 aliphatic heterocycles. The van der Waals surface area contributed by atoms with E-state index in [1.807, 2.05) is 0 Å². The minimum atomic E-state index is -6.09. The van der Waals surface area contributed by atoms with Gasteiger partial charge in [0.05, 0.1) is 12.9 Å². The number of fused-ring (bicyclic) bond motifs is 1. The molecule has 0 saturated carbocycles. The minimum Gasteiger partial charge on any atom is -0.756 e. The number of aliphatic imine (C=N–C) groups is 3. The SMILES string of the molecule is O=C1N=CN=C2C1N=CN2C1OC(COP(=O)([O-])OP(=O)([O-])OP(=O)([O-])O)C(O)C1O.[Na+].[Na+].[Na+]. The van der Waals surface area contributed by atoms with Crippen molar-refractivity contribution in [2.24, 2.45) is 15.0 Å². The van der Waals surface area contributed by atoms with Crippen LogP contribution in [0.25, 0.3) is 0 Å². The molecule has 1 amide bonds. The Morgan fingerprint density at radius 1 is 1.06 bits per heavy atom. The monoisotopic (exact) mass is 574 g/mol. The maximum atomic E-state index is 11.7. The van der Waals surface area contributed by atoms with E-state index in [1.165, 1.54) is 0 Å². The summed E-state index contributed by atoms with van der Waals surface area (Å²) in [5.41, 5.74) is 0. The van der Waals surface area contributed by atoms with E-state index in [-0.39, 0.29) is 94.5 Å². The largest absolute Gasteiger partial charge is 1.00 e. The summed E-state index contributed by atoms with van der Waals surface area (Å²) in [5.74, 6) is -0.623. The first kappa shape index (κ1) is 35.8. The number of amidine groups is 1. The summed E-state index contributed by atoms with van der Waals surface area (Å²) < 4.78 is 49.2. The van der Waals surface area contributed by atoms with E-state index in [2.05, 4.69) is 28.1 Å². The molecule has 0 aromatic heterocycles. The van der Waals surface area contributed by atoms with Crippen LogP contribution in [-0.2, 0) is 36.4 Å². The van der Waals surface area contributed by atoms with Crippen molar-refractivity contribution in [1.29, 1.82) is 0 Å². The fourth-order valence-corrected chi connectivity index (χ4v) is 5.57. The summed E-state index contributed by atoms with van der Waals surface area (Å²) in [7, 11) is -17.8. The Bertz CT molecular complexity index is 992. The third-order valence-corrected chi connectivity index (χ3v) is 7.56. The summed E-state index contributed by atoms with van der Waals surface area (Å²) in [5, 5.41) is 20.3. The average Bonchev–Trinajstić information content (AvgIpc) is 3.13. The first-order chi connectivity index (χ1) is 14.2. The average molecular weight is 574 g/mol. The van der Waals surface area contributed by atoms with Crippen molar-refractivity contribution in [3.8, 4) is 0 Å². The minimum absolute atomic E-state index is 0. The van der Waals surface area contributed by atoms with E-state index >= 15 is 0 Å². The van der Waals surface area contributed by atoms with Crippen molar-refractivity contribution in [1.82, 2.24) is 4.90 Å². The van der Waals surface area contributed by atoms with Crippen molar-refractivity contribution >= 4 is 47.9 Å². The Morgan fingerprint density at radius 3 is 2.26 bits per heavy atom. The molecule has 18 nitrogen and oxygen atoms in total. The summed E-state index contributed by atoms with van der Waals surface area (Å²) in [6.07, 6.45) is -4.38. The fourth-order valence-electron chi connectivity index (χ4n) is 2.68. The number of amides is 1. The first-order valence-corrected chi connectivity index (χ1v) is 12.3. The van der Waals surface area contributed by atoms with Crippen LogP contribution in [0.5, 0.6) is 0 Å². The van der Waals surface area contributed by atoms with Gasteiger partial charge in [-0.3, -0.25) is 28.4 Å². The zero-order valence-electron chi connectivity index (χ0n) is 17.7. The van der Waals surface area contributed by atoms with E-state index in [0.717, 1.165) is 17.6 Å². The topological polar surface area (TPSA) is 275 Å². The van der Waals surface area contributed by atoms with E-state index < -0.39 is 66.6 Å². The van der Waals surface area contributed by atoms with Gasteiger partial charge in [0.1, 0.15) is 30.5 Å². The Morgan fingerprint density at radius 2 is 1.68 bits per heavy atom. The van der Waals surface area contributed by atoms with Gasteiger partial charge in [-0.15, -0.1) is 0 Å². The third kappa shape index (κ3) is 9.20. The molecule has 0 aromatic carbocycles. The molecular formula is C10H12N4Na3O14P3. The molecule has 0 radical (unpaired) electrons. The van der Waals surface area contributed by atoms with Crippen LogP contribution in [-0.4, -0.2) is 81.6 Å². The molecule has 1 saturated heterocycles. The summed E-state index contributed by atoms with van der Waals surface area (Å²) in [6.45, 7) is -1.09. The van der Waals surface area contributed by atoms with Gasteiger partial charge in [-0.1, -0.05) is 0 Å². The van der Waals surface area contributed by atoms with Crippen molar-refractivity contribution < 1.29 is 155 Å². The normalized spacial score (nSPS) is 32.8.